The molecule has 1 atom stereocenters. The number of dihydropyridines is 1. The second-order valence-corrected chi connectivity index (χ2v) is 7.33. The number of nitrogens with one attached hydrogen (secondary N) is 2. The van der Waals surface area contributed by atoms with Gasteiger partial charge in [0.15, 0.2) is 0 Å². The van der Waals surface area contributed by atoms with Gasteiger partial charge in [0.25, 0.3) is 0 Å². The van der Waals surface area contributed by atoms with Crippen molar-refractivity contribution >= 4 is 17.2 Å². The molecule has 3 heteroatoms. The average molecular weight is 309 g/mol. The molecule has 122 valence electrons. The first-order valence-electron chi connectivity index (χ1n) is 9.17. The second-order valence-electron chi connectivity index (χ2n) is 7.33. The summed E-state index contributed by atoms with van der Waals surface area (Å²) in [6, 6.07) is 0.332. The van der Waals surface area contributed by atoms with Gasteiger partial charge in [-0.05, 0) is 51.5 Å². The first-order chi connectivity index (χ1) is 11.2. The SMILES string of the molecule is CC1=c2c(C3=CC=C(C4CCCCC4)NC3C)n[nH]c2=CCC1. The van der Waals surface area contributed by atoms with Gasteiger partial charge in [-0.2, -0.15) is 5.10 Å². The molecule has 3 nitrogen and oxygen atoms in total. The quantitative estimate of drug-likeness (QED) is 0.882. The Morgan fingerprint density at radius 3 is 2.74 bits per heavy atom. The predicted octanol–water partition coefficient (Wildman–Crippen LogP) is 2.99. The van der Waals surface area contributed by atoms with Crippen LogP contribution < -0.4 is 15.9 Å². The Kier molecular flexibility index (Phi) is 3.88. The van der Waals surface area contributed by atoms with Gasteiger partial charge in [0, 0.05) is 16.5 Å². The molecule has 1 unspecified atom stereocenters. The fourth-order valence-corrected chi connectivity index (χ4v) is 4.35. The van der Waals surface area contributed by atoms with E-state index in [0.29, 0.717) is 6.04 Å². The molecule has 1 fully saturated rings. The Labute approximate surface area is 138 Å². The summed E-state index contributed by atoms with van der Waals surface area (Å²) in [5.74, 6) is 0.735. The van der Waals surface area contributed by atoms with Crippen molar-refractivity contribution in [2.45, 2.75) is 64.8 Å². The van der Waals surface area contributed by atoms with E-state index in [1.165, 1.54) is 59.5 Å². The molecule has 1 aliphatic heterocycles. The lowest BCUT2D eigenvalue weighted by atomic mass is 9.84. The van der Waals surface area contributed by atoms with Crippen LogP contribution in [0.1, 0.15) is 64.5 Å². The van der Waals surface area contributed by atoms with Gasteiger partial charge in [0.2, 0.25) is 0 Å². The van der Waals surface area contributed by atoms with Crippen LogP contribution in [0.2, 0.25) is 0 Å². The van der Waals surface area contributed by atoms with E-state index in [0.717, 1.165) is 24.5 Å². The lowest BCUT2D eigenvalue weighted by molar-refractivity contribution is 0.382. The minimum Gasteiger partial charge on any atom is -0.382 e. The Morgan fingerprint density at radius 1 is 1.13 bits per heavy atom. The highest BCUT2D eigenvalue weighted by Gasteiger charge is 2.24. The maximum atomic E-state index is 4.65. The molecule has 0 spiro atoms. The Morgan fingerprint density at radius 2 is 1.96 bits per heavy atom. The van der Waals surface area contributed by atoms with Crippen molar-refractivity contribution in [2.24, 2.45) is 5.92 Å². The van der Waals surface area contributed by atoms with E-state index < -0.39 is 0 Å². The second kappa shape index (κ2) is 6.03. The van der Waals surface area contributed by atoms with Crippen molar-refractivity contribution in [1.82, 2.24) is 15.5 Å². The number of aromatic amines is 1. The number of aromatic nitrogens is 2. The maximum Gasteiger partial charge on any atom is 0.0979 e. The van der Waals surface area contributed by atoms with Gasteiger partial charge < -0.3 is 5.32 Å². The fraction of sp³-hybridized carbons (Fsp3) is 0.550. The molecular weight excluding hydrogens is 282 g/mol. The van der Waals surface area contributed by atoms with Crippen molar-refractivity contribution in [3.63, 3.8) is 0 Å². The van der Waals surface area contributed by atoms with Gasteiger partial charge in [0.1, 0.15) is 0 Å². The van der Waals surface area contributed by atoms with Crippen LogP contribution in [-0.4, -0.2) is 16.2 Å². The van der Waals surface area contributed by atoms with Crippen LogP contribution in [0.25, 0.3) is 17.2 Å². The van der Waals surface area contributed by atoms with E-state index in [2.05, 4.69) is 47.6 Å². The zero-order valence-corrected chi connectivity index (χ0v) is 14.3. The van der Waals surface area contributed by atoms with Crippen molar-refractivity contribution in [1.29, 1.82) is 0 Å². The molecular formula is C20H27N3. The van der Waals surface area contributed by atoms with Gasteiger partial charge in [-0.15, -0.1) is 0 Å². The lowest BCUT2D eigenvalue weighted by Crippen LogP contribution is -2.36. The van der Waals surface area contributed by atoms with E-state index in [4.69, 9.17) is 0 Å². The summed E-state index contributed by atoms with van der Waals surface area (Å²) in [5, 5.41) is 14.2. The molecule has 2 heterocycles. The van der Waals surface area contributed by atoms with Crippen molar-refractivity contribution in [3.8, 4) is 0 Å². The van der Waals surface area contributed by atoms with E-state index in [-0.39, 0.29) is 0 Å². The highest BCUT2D eigenvalue weighted by atomic mass is 15.1. The minimum atomic E-state index is 0.332. The van der Waals surface area contributed by atoms with Crippen LogP contribution in [0, 0.1) is 5.92 Å². The minimum absolute atomic E-state index is 0.332. The largest absolute Gasteiger partial charge is 0.382 e. The molecule has 0 radical (unpaired) electrons. The maximum absolute atomic E-state index is 4.65. The molecule has 2 N–H and O–H groups in total. The zero-order valence-electron chi connectivity index (χ0n) is 14.3. The number of fused-ring (bicyclic) bond motifs is 1. The molecule has 0 bridgehead atoms. The predicted molar refractivity (Wildman–Crippen MR) is 95.9 cm³/mol. The summed E-state index contributed by atoms with van der Waals surface area (Å²) in [6.45, 7) is 4.51. The number of nitrogens with zero attached hydrogens (tertiary/aromatic N) is 1. The molecule has 1 aromatic rings. The molecule has 2 aliphatic carbocycles. The van der Waals surface area contributed by atoms with Gasteiger partial charge >= 0.3 is 0 Å². The molecule has 1 saturated carbocycles. The van der Waals surface area contributed by atoms with Gasteiger partial charge in [0.05, 0.1) is 17.1 Å². The standard InChI is InChI=1S/C20H27N3/c1-13-7-6-10-18-19(13)20(23-22-18)16-11-12-17(21-14(16)2)15-8-4-3-5-9-15/h10-12,14-15,21-22H,3-9H2,1-2H3. The Bertz CT molecular complexity index is 772. The lowest BCUT2D eigenvalue weighted by Gasteiger charge is -2.31. The highest BCUT2D eigenvalue weighted by Crippen LogP contribution is 2.31. The summed E-state index contributed by atoms with van der Waals surface area (Å²) in [5.41, 5.74) is 5.36. The molecule has 0 saturated heterocycles. The van der Waals surface area contributed by atoms with Crippen LogP contribution >= 0.6 is 0 Å². The van der Waals surface area contributed by atoms with Crippen LogP contribution in [0.5, 0.6) is 0 Å². The summed E-state index contributed by atoms with van der Waals surface area (Å²) < 4.78 is 0. The number of H-pyrrole nitrogens is 1. The van der Waals surface area contributed by atoms with Crippen LogP contribution in [0.15, 0.2) is 17.8 Å². The molecule has 3 aliphatic rings. The first-order valence-corrected chi connectivity index (χ1v) is 9.17. The topological polar surface area (TPSA) is 40.7 Å². The summed E-state index contributed by atoms with van der Waals surface area (Å²) in [7, 11) is 0. The van der Waals surface area contributed by atoms with Crippen molar-refractivity contribution in [3.05, 3.63) is 34.1 Å². The molecule has 1 aromatic heterocycles. The fourth-order valence-electron chi connectivity index (χ4n) is 4.35. The summed E-state index contributed by atoms with van der Waals surface area (Å²) >= 11 is 0. The third kappa shape index (κ3) is 2.66. The Balaban J connectivity index is 1.71. The molecule has 4 rings (SSSR count). The highest BCUT2D eigenvalue weighted by molar-refractivity contribution is 5.72. The van der Waals surface area contributed by atoms with Gasteiger partial charge in [-0.25, -0.2) is 0 Å². The van der Waals surface area contributed by atoms with E-state index in [1.54, 1.807) is 0 Å². The first kappa shape index (κ1) is 14.8. The van der Waals surface area contributed by atoms with Gasteiger partial charge in [-0.3, -0.25) is 5.10 Å². The number of rotatable bonds is 2. The molecule has 23 heavy (non-hydrogen) atoms. The summed E-state index contributed by atoms with van der Waals surface area (Å²) in [4.78, 5) is 0. The Hall–Kier alpha value is -1.77. The van der Waals surface area contributed by atoms with Crippen molar-refractivity contribution < 1.29 is 0 Å². The number of hydrogen-bond donors (Lipinski definition) is 2. The van der Waals surface area contributed by atoms with E-state index in [1.807, 2.05) is 0 Å². The smallest absolute Gasteiger partial charge is 0.0979 e. The van der Waals surface area contributed by atoms with Crippen LogP contribution in [0.4, 0.5) is 0 Å². The van der Waals surface area contributed by atoms with Crippen LogP contribution in [-0.2, 0) is 0 Å². The third-order valence-electron chi connectivity index (χ3n) is 5.70. The molecule has 0 amide bonds. The number of hydrogen-bond acceptors (Lipinski definition) is 2. The zero-order chi connectivity index (χ0) is 15.8. The van der Waals surface area contributed by atoms with E-state index in [9.17, 15) is 0 Å². The van der Waals surface area contributed by atoms with Crippen LogP contribution in [0.3, 0.4) is 0 Å². The van der Waals surface area contributed by atoms with Gasteiger partial charge in [-0.1, -0.05) is 37.0 Å². The average Bonchev–Trinajstić information content (AvgIpc) is 3.01. The third-order valence-corrected chi connectivity index (χ3v) is 5.70. The molecule has 0 aromatic carbocycles. The normalized spacial score (nSPS) is 25.1. The monoisotopic (exact) mass is 309 g/mol. The van der Waals surface area contributed by atoms with E-state index >= 15 is 0 Å². The van der Waals surface area contributed by atoms with Crippen molar-refractivity contribution in [2.75, 3.05) is 0 Å². The summed E-state index contributed by atoms with van der Waals surface area (Å²) in [6.07, 6.45) is 16.0. The number of allylic oxidation sites excluding steroid dienone is 3.